The van der Waals surface area contributed by atoms with Crippen LogP contribution in [-0.2, 0) is 20.0 Å². The highest BCUT2D eigenvalue weighted by Gasteiger charge is 2.14. The van der Waals surface area contributed by atoms with E-state index in [0.717, 1.165) is 34.7 Å². The van der Waals surface area contributed by atoms with Crippen molar-refractivity contribution in [3.05, 3.63) is 53.8 Å². The molecule has 0 fully saturated rings. The van der Waals surface area contributed by atoms with Crippen molar-refractivity contribution in [3.63, 3.8) is 0 Å². The summed E-state index contributed by atoms with van der Waals surface area (Å²) in [6.07, 6.45) is 4.47. The lowest BCUT2D eigenvalue weighted by molar-refractivity contribution is 0.222. The molecule has 0 aliphatic rings. The molecule has 7 heteroatoms. The largest absolute Gasteiger partial charge is 0.453 e. The van der Waals surface area contributed by atoms with Crippen LogP contribution in [0.25, 0.3) is 0 Å². The third kappa shape index (κ3) is 4.70. The number of likely N-dealkylation sites (N-methyl/N-ethyl adjacent to an activating group) is 1. The van der Waals surface area contributed by atoms with E-state index in [1.54, 1.807) is 6.33 Å². The van der Waals surface area contributed by atoms with Crippen molar-refractivity contribution in [3.8, 4) is 0 Å². The van der Waals surface area contributed by atoms with E-state index in [0.29, 0.717) is 6.04 Å². The first-order valence-electron chi connectivity index (χ1n) is 8.23. The van der Waals surface area contributed by atoms with Crippen molar-refractivity contribution in [2.75, 3.05) is 7.05 Å². The minimum Gasteiger partial charge on any atom is -0.453 e. The van der Waals surface area contributed by atoms with Gasteiger partial charge in [-0.05, 0) is 62.5 Å². The molecule has 0 N–H and O–H groups in total. The predicted molar refractivity (Wildman–Crippen MR) is 97.4 cm³/mol. The Balaban J connectivity index is 1.57. The van der Waals surface area contributed by atoms with Gasteiger partial charge >= 0.3 is 0 Å². The van der Waals surface area contributed by atoms with Crippen LogP contribution in [0.15, 0.2) is 51.5 Å². The van der Waals surface area contributed by atoms with Crippen molar-refractivity contribution >= 4 is 11.8 Å². The maximum Gasteiger partial charge on any atom is 0.198 e. The van der Waals surface area contributed by atoms with Gasteiger partial charge in [-0.25, -0.2) is 0 Å². The van der Waals surface area contributed by atoms with E-state index in [1.807, 2.05) is 36.0 Å². The summed E-state index contributed by atoms with van der Waals surface area (Å²) in [5, 5.41) is 9.58. The predicted octanol–water partition coefficient (Wildman–Crippen LogP) is 3.33. The minimum atomic E-state index is 0.370. The molecule has 25 heavy (non-hydrogen) atoms. The zero-order valence-electron chi connectivity index (χ0n) is 15.0. The number of aromatic nitrogens is 4. The van der Waals surface area contributed by atoms with Crippen molar-refractivity contribution in [2.45, 2.75) is 43.1 Å². The van der Waals surface area contributed by atoms with Crippen LogP contribution >= 0.6 is 11.8 Å². The molecular formula is C18H23N5OS. The molecule has 3 aromatic rings. The summed E-state index contributed by atoms with van der Waals surface area (Å²) in [6, 6.07) is 8.54. The van der Waals surface area contributed by atoms with Gasteiger partial charge < -0.3 is 8.98 Å². The summed E-state index contributed by atoms with van der Waals surface area (Å²) in [7, 11) is 4.03. The number of nitrogens with zero attached hydrogens (tertiary/aromatic N) is 5. The average Bonchev–Trinajstić information content (AvgIpc) is 3.17. The number of rotatable bonds is 7. The van der Waals surface area contributed by atoms with Crippen molar-refractivity contribution in [1.29, 1.82) is 0 Å². The Hall–Kier alpha value is -2.12. The molecule has 6 nitrogen and oxygen atoms in total. The topological polar surface area (TPSA) is 60.0 Å². The van der Waals surface area contributed by atoms with Gasteiger partial charge in [0.1, 0.15) is 12.1 Å². The molecule has 3 heterocycles. The van der Waals surface area contributed by atoms with E-state index < -0.39 is 0 Å². The standard InChI is InChI=1S/C18H23N5OS/c1-13-7-8-19-15(9-13)10-14(2)22(3)11-16-5-6-17(24-16)25-18-21-20-12-23(18)4/h5-9,12,14H,10-11H2,1-4H3/t14-/m0/s1. The Labute approximate surface area is 152 Å². The van der Waals surface area contributed by atoms with Gasteiger partial charge in [0.05, 0.1) is 6.54 Å². The van der Waals surface area contributed by atoms with Crippen LogP contribution in [0.3, 0.4) is 0 Å². The molecule has 0 saturated heterocycles. The van der Waals surface area contributed by atoms with E-state index in [1.165, 1.54) is 17.3 Å². The van der Waals surface area contributed by atoms with Crippen LogP contribution < -0.4 is 0 Å². The van der Waals surface area contributed by atoms with Gasteiger partial charge in [-0.15, -0.1) is 10.2 Å². The van der Waals surface area contributed by atoms with Gasteiger partial charge in [0, 0.05) is 31.4 Å². The minimum absolute atomic E-state index is 0.370. The fourth-order valence-electron chi connectivity index (χ4n) is 2.52. The lowest BCUT2D eigenvalue weighted by Crippen LogP contribution is -2.30. The molecule has 1 atom stereocenters. The van der Waals surface area contributed by atoms with Gasteiger partial charge in [-0.3, -0.25) is 9.88 Å². The van der Waals surface area contributed by atoms with Crippen LogP contribution in [0.5, 0.6) is 0 Å². The van der Waals surface area contributed by atoms with Crippen molar-refractivity contribution < 1.29 is 4.42 Å². The Kier molecular flexibility index (Phi) is 5.55. The molecular weight excluding hydrogens is 334 g/mol. The smallest absolute Gasteiger partial charge is 0.198 e. The van der Waals surface area contributed by atoms with E-state index in [9.17, 15) is 0 Å². The summed E-state index contributed by atoms with van der Waals surface area (Å²) in [4.78, 5) is 6.73. The molecule has 0 spiro atoms. The SMILES string of the molecule is Cc1ccnc(C[C@H](C)N(C)Cc2ccc(Sc3nncn3C)o2)c1. The van der Waals surface area contributed by atoms with Crippen LogP contribution in [-0.4, -0.2) is 37.7 Å². The molecule has 0 amide bonds. The molecule has 0 unspecified atom stereocenters. The number of furan rings is 1. The summed E-state index contributed by atoms with van der Waals surface area (Å²) in [5.74, 6) is 0.941. The van der Waals surface area contributed by atoms with Gasteiger partial charge in [0.25, 0.3) is 0 Å². The molecule has 3 rings (SSSR count). The zero-order valence-corrected chi connectivity index (χ0v) is 15.8. The molecule has 0 aliphatic heterocycles. The highest BCUT2D eigenvalue weighted by molar-refractivity contribution is 7.99. The second-order valence-electron chi connectivity index (χ2n) is 6.34. The summed E-state index contributed by atoms with van der Waals surface area (Å²) < 4.78 is 7.80. The van der Waals surface area contributed by atoms with Gasteiger partial charge in [-0.1, -0.05) is 0 Å². The highest BCUT2D eigenvalue weighted by atomic mass is 32.2. The van der Waals surface area contributed by atoms with Crippen LogP contribution in [0.2, 0.25) is 0 Å². The molecule has 0 bridgehead atoms. The summed E-state index contributed by atoms with van der Waals surface area (Å²) in [5.41, 5.74) is 2.37. The zero-order chi connectivity index (χ0) is 17.8. The maximum atomic E-state index is 5.93. The van der Waals surface area contributed by atoms with E-state index in [-0.39, 0.29) is 0 Å². The van der Waals surface area contributed by atoms with E-state index >= 15 is 0 Å². The average molecular weight is 357 g/mol. The van der Waals surface area contributed by atoms with Crippen LogP contribution in [0.4, 0.5) is 0 Å². The first-order valence-corrected chi connectivity index (χ1v) is 9.05. The van der Waals surface area contributed by atoms with Gasteiger partial charge in [0.2, 0.25) is 0 Å². The first-order chi connectivity index (χ1) is 12.0. The normalized spacial score (nSPS) is 12.7. The lowest BCUT2D eigenvalue weighted by atomic mass is 10.1. The second kappa shape index (κ2) is 7.84. The Morgan fingerprint density at radius 2 is 2.16 bits per heavy atom. The monoisotopic (exact) mass is 357 g/mol. The Bertz CT molecular complexity index is 828. The second-order valence-corrected chi connectivity index (χ2v) is 7.31. The van der Waals surface area contributed by atoms with Crippen molar-refractivity contribution in [1.82, 2.24) is 24.6 Å². The highest BCUT2D eigenvalue weighted by Crippen LogP contribution is 2.27. The van der Waals surface area contributed by atoms with Gasteiger partial charge in [-0.2, -0.15) is 0 Å². The molecule has 0 radical (unpaired) electrons. The Morgan fingerprint density at radius 1 is 1.32 bits per heavy atom. The molecule has 3 aromatic heterocycles. The van der Waals surface area contributed by atoms with Crippen LogP contribution in [0.1, 0.15) is 23.9 Å². The molecule has 0 saturated carbocycles. The lowest BCUT2D eigenvalue weighted by Gasteiger charge is -2.23. The molecule has 0 aromatic carbocycles. The Morgan fingerprint density at radius 3 is 2.88 bits per heavy atom. The quantitative estimate of drug-likeness (QED) is 0.646. The molecule has 0 aliphatic carbocycles. The van der Waals surface area contributed by atoms with Crippen LogP contribution in [0, 0.1) is 6.92 Å². The molecule has 132 valence electrons. The maximum absolute atomic E-state index is 5.93. The number of hydrogen-bond donors (Lipinski definition) is 0. The number of aryl methyl sites for hydroxylation is 2. The number of hydrogen-bond acceptors (Lipinski definition) is 6. The van der Waals surface area contributed by atoms with E-state index in [4.69, 9.17) is 4.42 Å². The third-order valence-electron chi connectivity index (χ3n) is 4.13. The van der Waals surface area contributed by atoms with Crippen molar-refractivity contribution in [2.24, 2.45) is 7.05 Å². The first kappa shape index (κ1) is 17.7. The number of pyridine rings is 1. The fraction of sp³-hybridized carbons (Fsp3) is 0.389. The fourth-order valence-corrected chi connectivity index (χ4v) is 3.27. The summed E-state index contributed by atoms with van der Waals surface area (Å²) >= 11 is 1.48. The van der Waals surface area contributed by atoms with E-state index in [2.05, 4.69) is 47.0 Å². The third-order valence-corrected chi connectivity index (χ3v) is 5.11. The summed E-state index contributed by atoms with van der Waals surface area (Å²) in [6.45, 7) is 5.06. The van der Waals surface area contributed by atoms with Gasteiger partial charge in [0.15, 0.2) is 10.2 Å².